The van der Waals surface area contributed by atoms with Crippen molar-refractivity contribution in [1.29, 1.82) is 0 Å². The Kier molecular flexibility index (Phi) is 5.46. The predicted molar refractivity (Wildman–Crippen MR) is 71.2 cm³/mol. The average Bonchev–Trinajstić information content (AvgIpc) is 2.76. The summed E-state index contributed by atoms with van der Waals surface area (Å²) in [7, 11) is 1.79. The van der Waals surface area contributed by atoms with E-state index in [1.807, 2.05) is 0 Å². The summed E-state index contributed by atoms with van der Waals surface area (Å²) in [6.07, 6.45) is 2.24. The molecule has 92 valence electrons. The van der Waals surface area contributed by atoms with Gasteiger partial charge in [0.2, 0.25) is 0 Å². The molecule has 0 fully saturated rings. The lowest BCUT2D eigenvalue weighted by Crippen LogP contribution is -2.48. The van der Waals surface area contributed by atoms with Crippen LogP contribution in [0.4, 0.5) is 0 Å². The lowest BCUT2D eigenvalue weighted by molar-refractivity contribution is -0.0119. The normalized spacial score (nSPS) is 14.0. The molecule has 1 atom stereocenters. The SMILES string of the molecule is CCNC(CCc1ccsc1)C(C)(C)OC. The maximum absolute atomic E-state index is 5.56. The second-order valence-corrected chi connectivity index (χ2v) is 5.37. The first-order valence-corrected chi connectivity index (χ1v) is 6.84. The zero-order valence-corrected chi connectivity index (χ0v) is 11.6. The van der Waals surface area contributed by atoms with E-state index in [9.17, 15) is 0 Å². The highest BCUT2D eigenvalue weighted by molar-refractivity contribution is 7.07. The number of nitrogens with one attached hydrogen (secondary N) is 1. The van der Waals surface area contributed by atoms with Crippen LogP contribution in [0.2, 0.25) is 0 Å². The molecule has 0 spiro atoms. The zero-order chi connectivity index (χ0) is 12.0. The van der Waals surface area contributed by atoms with Crippen LogP contribution < -0.4 is 5.32 Å². The van der Waals surface area contributed by atoms with Crippen molar-refractivity contribution in [1.82, 2.24) is 5.32 Å². The van der Waals surface area contributed by atoms with Gasteiger partial charge in [-0.05, 0) is 55.6 Å². The molecule has 0 saturated carbocycles. The number of methoxy groups -OCH3 is 1. The quantitative estimate of drug-likeness (QED) is 0.792. The van der Waals surface area contributed by atoms with Crippen molar-refractivity contribution in [2.75, 3.05) is 13.7 Å². The molecular weight excluding hydrogens is 218 g/mol. The lowest BCUT2D eigenvalue weighted by Gasteiger charge is -2.33. The van der Waals surface area contributed by atoms with Gasteiger partial charge in [0.25, 0.3) is 0 Å². The van der Waals surface area contributed by atoms with Gasteiger partial charge in [-0.3, -0.25) is 0 Å². The van der Waals surface area contributed by atoms with E-state index in [1.165, 1.54) is 5.56 Å². The molecule has 1 aromatic heterocycles. The summed E-state index contributed by atoms with van der Waals surface area (Å²) in [5, 5.41) is 7.88. The molecule has 0 aromatic carbocycles. The summed E-state index contributed by atoms with van der Waals surface area (Å²) in [6, 6.07) is 2.61. The van der Waals surface area contributed by atoms with Gasteiger partial charge >= 0.3 is 0 Å². The third-order valence-corrected chi connectivity index (χ3v) is 3.85. The van der Waals surface area contributed by atoms with Gasteiger partial charge in [-0.2, -0.15) is 11.3 Å². The largest absolute Gasteiger partial charge is 0.377 e. The van der Waals surface area contributed by atoms with Crippen LogP contribution in [0.25, 0.3) is 0 Å². The van der Waals surface area contributed by atoms with Crippen molar-refractivity contribution in [3.8, 4) is 0 Å². The number of aryl methyl sites for hydroxylation is 1. The van der Waals surface area contributed by atoms with Gasteiger partial charge in [0, 0.05) is 13.2 Å². The van der Waals surface area contributed by atoms with Crippen molar-refractivity contribution in [2.45, 2.75) is 45.3 Å². The molecule has 0 aliphatic heterocycles. The number of thiophene rings is 1. The summed E-state index contributed by atoms with van der Waals surface area (Å²) in [5.41, 5.74) is 1.33. The van der Waals surface area contributed by atoms with Crippen LogP contribution in [0, 0.1) is 0 Å². The molecule has 1 aromatic rings. The van der Waals surface area contributed by atoms with Crippen LogP contribution >= 0.6 is 11.3 Å². The first kappa shape index (κ1) is 13.7. The third kappa shape index (κ3) is 3.89. The van der Waals surface area contributed by atoms with Crippen molar-refractivity contribution in [3.05, 3.63) is 22.4 Å². The molecule has 0 bridgehead atoms. The maximum Gasteiger partial charge on any atom is 0.0775 e. The van der Waals surface area contributed by atoms with E-state index in [-0.39, 0.29) is 5.60 Å². The number of likely N-dealkylation sites (N-methyl/N-ethyl adjacent to an activating group) is 1. The Morgan fingerprint density at radius 3 is 2.75 bits per heavy atom. The van der Waals surface area contributed by atoms with Crippen LogP contribution in [0.5, 0.6) is 0 Å². The molecule has 0 aliphatic rings. The Morgan fingerprint density at radius 2 is 2.25 bits per heavy atom. The molecule has 1 unspecified atom stereocenters. The van der Waals surface area contributed by atoms with Crippen LogP contribution in [-0.4, -0.2) is 25.3 Å². The molecule has 1 heterocycles. The highest BCUT2D eigenvalue weighted by Gasteiger charge is 2.27. The summed E-state index contributed by atoms with van der Waals surface area (Å²) in [5.74, 6) is 0. The minimum Gasteiger partial charge on any atom is -0.377 e. The smallest absolute Gasteiger partial charge is 0.0775 e. The van der Waals surface area contributed by atoms with E-state index in [0.29, 0.717) is 6.04 Å². The summed E-state index contributed by atoms with van der Waals surface area (Å²) in [4.78, 5) is 0. The Hall–Kier alpha value is -0.380. The molecule has 2 nitrogen and oxygen atoms in total. The Balaban J connectivity index is 2.51. The Morgan fingerprint density at radius 1 is 1.50 bits per heavy atom. The molecule has 0 saturated heterocycles. The van der Waals surface area contributed by atoms with Crippen LogP contribution in [0.3, 0.4) is 0 Å². The summed E-state index contributed by atoms with van der Waals surface area (Å²) in [6.45, 7) is 7.42. The fourth-order valence-electron chi connectivity index (χ4n) is 1.83. The molecule has 0 radical (unpaired) electrons. The Bertz CT molecular complexity index is 282. The fraction of sp³-hybridized carbons (Fsp3) is 0.692. The van der Waals surface area contributed by atoms with Gasteiger partial charge < -0.3 is 10.1 Å². The Labute approximate surface area is 103 Å². The third-order valence-electron chi connectivity index (χ3n) is 3.12. The average molecular weight is 241 g/mol. The van der Waals surface area contributed by atoms with Crippen molar-refractivity contribution in [2.24, 2.45) is 0 Å². The van der Waals surface area contributed by atoms with Gasteiger partial charge in [0.1, 0.15) is 0 Å². The number of ether oxygens (including phenoxy) is 1. The predicted octanol–water partition coefficient (Wildman–Crippen LogP) is 3.08. The van der Waals surface area contributed by atoms with E-state index in [4.69, 9.17) is 4.74 Å². The molecular formula is C13H23NOS. The van der Waals surface area contributed by atoms with E-state index >= 15 is 0 Å². The highest BCUT2D eigenvalue weighted by atomic mass is 32.1. The monoisotopic (exact) mass is 241 g/mol. The van der Waals surface area contributed by atoms with Crippen molar-refractivity contribution >= 4 is 11.3 Å². The second-order valence-electron chi connectivity index (χ2n) is 4.59. The minimum absolute atomic E-state index is 0.105. The number of hydrogen-bond donors (Lipinski definition) is 1. The second kappa shape index (κ2) is 6.38. The van der Waals surface area contributed by atoms with Crippen LogP contribution in [-0.2, 0) is 11.2 Å². The molecule has 1 rings (SSSR count). The van der Waals surface area contributed by atoms with Gasteiger partial charge in [-0.25, -0.2) is 0 Å². The standard InChI is InChI=1S/C13H23NOS/c1-5-14-12(13(2,3)15-4)7-6-11-8-9-16-10-11/h8-10,12,14H,5-7H2,1-4H3. The van der Waals surface area contributed by atoms with Gasteiger partial charge in [0.15, 0.2) is 0 Å². The van der Waals surface area contributed by atoms with E-state index in [0.717, 1.165) is 19.4 Å². The van der Waals surface area contributed by atoms with Crippen molar-refractivity contribution in [3.63, 3.8) is 0 Å². The highest BCUT2D eigenvalue weighted by Crippen LogP contribution is 2.19. The first-order chi connectivity index (χ1) is 7.60. The minimum atomic E-state index is -0.105. The zero-order valence-electron chi connectivity index (χ0n) is 10.7. The van der Waals surface area contributed by atoms with Crippen molar-refractivity contribution < 1.29 is 4.74 Å². The molecule has 0 aliphatic carbocycles. The molecule has 1 N–H and O–H groups in total. The summed E-state index contributed by atoms with van der Waals surface area (Å²) < 4.78 is 5.56. The van der Waals surface area contributed by atoms with E-state index < -0.39 is 0 Å². The lowest BCUT2D eigenvalue weighted by atomic mass is 9.93. The first-order valence-electron chi connectivity index (χ1n) is 5.89. The summed E-state index contributed by atoms with van der Waals surface area (Å²) >= 11 is 1.77. The molecule has 3 heteroatoms. The van der Waals surface area contributed by atoms with E-state index in [2.05, 4.69) is 42.9 Å². The molecule has 0 amide bonds. The van der Waals surface area contributed by atoms with Gasteiger partial charge in [0.05, 0.1) is 5.60 Å². The maximum atomic E-state index is 5.56. The van der Waals surface area contributed by atoms with Gasteiger partial charge in [-0.15, -0.1) is 0 Å². The molecule has 16 heavy (non-hydrogen) atoms. The fourth-order valence-corrected chi connectivity index (χ4v) is 2.53. The van der Waals surface area contributed by atoms with Crippen LogP contribution in [0.1, 0.15) is 32.8 Å². The van der Waals surface area contributed by atoms with E-state index in [1.54, 1.807) is 18.4 Å². The number of hydrogen-bond acceptors (Lipinski definition) is 3. The number of rotatable bonds is 7. The van der Waals surface area contributed by atoms with Gasteiger partial charge in [-0.1, -0.05) is 6.92 Å². The van der Waals surface area contributed by atoms with Crippen LogP contribution in [0.15, 0.2) is 16.8 Å². The topological polar surface area (TPSA) is 21.3 Å².